The molecule has 1 heteroatoms. The highest BCUT2D eigenvalue weighted by Gasteiger charge is 2.17. The molecule has 1 nitrogen and oxygen atoms in total. The van der Waals surface area contributed by atoms with Gasteiger partial charge >= 0.3 is 0 Å². The molecule has 1 aromatic heterocycles. The molecule has 0 fully saturated rings. The van der Waals surface area contributed by atoms with E-state index in [4.69, 9.17) is 0 Å². The van der Waals surface area contributed by atoms with Gasteiger partial charge < -0.3 is 4.57 Å². The first-order valence-corrected chi connectivity index (χ1v) is 4.61. The summed E-state index contributed by atoms with van der Waals surface area (Å²) in [4.78, 5) is 0. The molecule has 0 atom stereocenters. The highest BCUT2D eigenvalue weighted by molar-refractivity contribution is 5.54. The summed E-state index contributed by atoms with van der Waals surface area (Å²) in [5.74, 6) is 0. The molecule has 0 saturated carbocycles. The van der Waals surface area contributed by atoms with Gasteiger partial charge in [-0.2, -0.15) is 0 Å². The molecule has 64 valence electrons. The molecule has 3 rings (SSSR count). The summed E-state index contributed by atoms with van der Waals surface area (Å²) in [6, 6.07) is 10.8. The van der Waals surface area contributed by atoms with Crippen LogP contribution in [0.2, 0.25) is 0 Å². The zero-order valence-corrected chi connectivity index (χ0v) is 7.62. The number of nitrogens with zero attached hydrogens (tertiary/aromatic N) is 1. The van der Waals surface area contributed by atoms with Crippen LogP contribution in [-0.2, 0) is 6.42 Å². The second kappa shape index (κ2) is 2.25. The van der Waals surface area contributed by atoms with Crippen molar-refractivity contribution in [2.45, 2.75) is 13.3 Å². The molecule has 0 N–H and O–H groups in total. The highest BCUT2D eigenvalue weighted by atomic mass is 15.0. The fourth-order valence-corrected chi connectivity index (χ4v) is 2.18. The van der Waals surface area contributed by atoms with E-state index in [0.29, 0.717) is 0 Å². The standard InChI is InChI=1S/C12H11N/c1-9-4-2-5-10-8-11-6-3-7-13(11)12(9)10/h2-7H,8H2,1H3. The Bertz CT molecular complexity index is 466. The van der Waals surface area contributed by atoms with Gasteiger partial charge in [0.2, 0.25) is 0 Å². The molecule has 0 unspecified atom stereocenters. The minimum atomic E-state index is 1.09. The van der Waals surface area contributed by atoms with Gasteiger partial charge in [-0.1, -0.05) is 18.2 Å². The van der Waals surface area contributed by atoms with Crippen LogP contribution in [-0.4, -0.2) is 4.57 Å². The molecule has 0 spiro atoms. The Morgan fingerprint density at radius 1 is 1.15 bits per heavy atom. The van der Waals surface area contributed by atoms with E-state index in [1.807, 2.05) is 0 Å². The Kier molecular flexibility index (Phi) is 1.21. The van der Waals surface area contributed by atoms with Crippen LogP contribution in [0.5, 0.6) is 0 Å². The SMILES string of the molecule is Cc1cccc2c1-n1cccc1C2. The van der Waals surface area contributed by atoms with Crippen molar-refractivity contribution in [3.63, 3.8) is 0 Å². The van der Waals surface area contributed by atoms with Crippen molar-refractivity contribution in [2.75, 3.05) is 0 Å². The Hall–Kier alpha value is -1.50. The molecule has 0 radical (unpaired) electrons. The summed E-state index contributed by atoms with van der Waals surface area (Å²) in [7, 11) is 0. The average Bonchev–Trinajstić information content (AvgIpc) is 2.62. The van der Waals surface area contributed by atoms with E-state index < -0.39 is 0 Å². The van der Waals surface area contributed by atoms with E-state index in [0.717, 1.165) is 6.42 Å². The van der Waals surface area contributed by atoms with Crippen LogP contribution in [0.25, 0.3) is 5.69 Å². The predicted octanol–water partition coefficient (Wildman–Crippen LogP) is 2.69. The minimum absolute atomic E-state index is 1.09. The molecule has 1 aromatic carbocycles. The van der Waals surface area contributed by atoms with E-state index in [1.54, 1.807) is 0 Å². The Morgan fingerprint density at radius 3 is 3.00 bits per heavy atom. The summed E-state index contributed by atoms with van der Waals surface area (Å²) in [5, 5.41) is 0. The predicted molar refractivity (Wildman–Crippen MR) is 53.3 cm³/mol. The van der Waals surface area contributed by atoms with E-state index in [2.05, 4.69) is 48.0 Å². The number of para-hydroxylation sites is 1. The van der Waals surface area contributed by atoms with Gasteiger partial charge in [-0.15, -0.1) is 0 Å². The summed E-state index contributed by atoms with van der Waals surface area (Å²) in [5.41, 5.74) is 5.62. The lowest BCUT2D eigenvalue weighted by Gasteiger charge is -2.05. The zero-order chi connectivity index (χ0) is 8.84. The van der Waals surface area contributed by atoms with Crippen LogP contribution in [0, 0.1) is 6.92 Å². The van der Waals surface area contributed by atoms with E-state index in [9.17, 15) is 0 Å². The van der Waals surface area contributed by atoms with E-state index in [1.165, 1.54) is 22.5 Å². The highest BCUT2D eigenvalue weighted by Crippen LogP contribution is 2.30. The topological polar surface area (TPSA) is 4.93 Å². The number of aryl methyl sites for hydroxylation is 1. The lowest BCUT2D eigenvalue weighted by atomic mass is 10.1. The molecular weight excluding hydrogens is 158 g/mol. The third kappa shape index (κ3) is 0.816. The van der Waals surface area contributed by atoms with E-state index >= 15 is 0 Å². The van der Waals surface area contributed by atoms with Gasteiger partial charge in [-0.3, -0.25) is 0 Å². The van der Waals surface area contributed by atoms with Crippen molar-refractivity contribution < 1.29 is 0 Å². The van der Waals surface area contributed by atoms with Crippen LogP contribution >= 0.6 is 0 Å². The summed E-state index contributed by atoms with van der Waals surface area (Å²) >= 11 is 0. The number of aromatic nitrogens is 1. The second-order valence-corrected chi connectivity index (χ2v) is 3.63. The van der Waals surface area contributed by atoms with Crippen LogP contribution in [0.4, 0.5) is 0 Å². The van der Waals surface area contributed by atoms with Gasteiger partial charge in [-0.05, 0) is 30.2 Å². The summed E-state index contributed by atoms with van der Waals surface area (Å²) < 4.78 is 2.30. The van der Waals surface area contributed by atoms with Crippen LogP contribution in [0.3, 0.4) is 0 Å². The number of fused-ring (bicyclic) bond motifs is 3. The van der Waals surface area contributed by atoms with Gasteiger partial charge in [0.15, 0.2) is 0 Å². The average molecular weight is 169 g/mol. The number of rotatable bonds is 0. The fraction of sp³-hybridized carbons (Fsp3) is 0.167. The normalized spacial score (nSPS) is 12.7. The third-order valence-electron chi connectivity index (χ3n) is 2.77. The Labute approximate surface area is 77.6 Å². The van der Waals surface area contributed by atoms with Crippen LogP contribution < -0.4 is 0 Å². The molecule has 13 heavy (non-hydrogen) atoms. The molecule has 2 aromatic rings. The zero-order valence-electron chi connectivity index (χ0n) is 7.62. The molecule has 0 aliphatic carbocycles. The second-order valence-electron chi connectivity index (χ2n) is 3.63. The minimum Gasteiger partial charge on any atom is -0.320 e. The maximum Gasteiger partial charge on any atom is 0.0517 e. The van der Waals surface area contributed by atoms with Crippen molar-refractivity contribution in [1.29, 1.82) is 0 Å². The molecular formula is C12H11N. The van der Waals surface area contributed by atoms with Crippen molar-refractivity contribution >= 4 is 0 Å². The van der Waals surface area contributed by atoms with Gasteiger partial charge in [0.05, 0.1) is 5.69 Å². The van der Waals surface area contributed by atoms with Gasteiger partial charge in [0, 0.05) is 18.3 Å². The first-order chi connectivity index (χ1) is 6.36. The monoisotopic (exact) mass is 169 g/mol. The molecule has 0 saturated heterocycles. The number of benzene rings is 1. The molecule has 1 aliphatic heterocycles. The van der Waals surface area contributed by atoms with Gasteiger partial charge in [0.1, 0.15) is 0 Å². The fourth-order valence-electron chi connectivity index (χ4n) is 2.18. The lowest BCUT2D eigenvalue weighted by Crippen LogP contribution is -1.91. The first kappa shape index (κ1) is 6.96. The Morgan fingerprint density at radius 2 is 2.08 bits per heavy atom. The summed E-state index contributed by atoms with van der Waals surface area (Å²) in [6.45, 7) is 2.17. The van der Waals surface area contributed by atoms with Gasteiger partial charge in [0.25, 0.3) is 0 Å². The van der Waals surface area contributed by atoms with E-state index in [-0.39, 0.29) is 0 Å². The maximum atomic E-state index is 2.30. The van der Waals surface area contributed by atoms with Crippen molar-refractivity contribution in [2.24, 2.45) is 0 Å². The summed E-state index contributed by atoms with van der Waals surface area (Å²) in [6.07, 6.45) is 3.23. The molecule has 2 heterocycles. The lowest BCUT2D eigenvalue weighted by molar-refractivity contribution is 1.04. The molecule has 1 aliphatic rings. The van der Waals surface area contributed by atoms with Crippen molar-refractivity contribution in [3.05, 3.63) is 53.3 Å². The number of hydrogen-bond donors (Lipinski definition) is 0. The van der Waals surface area contributed by atoms with Crippen molar-refractivity contribution in [1.82, 2.24) is 4.57 Å². The largest absolute Gasteiger partial charge is 0.320 e. The smallest absolute Gasteiger partial charge is 0.0517 e. The van der Waals surface area contributed by atoms with Gasteiger partial charge in [-0.25, -0.2) is 0 Å². The Balaban J connectivity index is 2.37. The maximum absolute atomic E-state index is 2.30. The molecule has 0 amide bonds. The molecule has 0 bridgehead atoms. The quantitative estimate of drug-likeness (QED) is 0.487. The van der Waals surface area contributed by atoms with Crippen LogP contribution in [0.15, 0.2) is 36.5 Å². The van der Waals surface area contributed by atoms with Crippen LogP contribution in [0.1, 0.15) is 16.8 Å². The first-order valence-electron chi connectivity index (χ1n) is 4.61. The van der Waals surface area contributed by atoms with Crippen molar-refractivity contribution in [3.8, 4) is 5.69 Å². The third-order valence-corrected chi connectivity index (χ3v) is 2.77. The number of hydrogen-bond acceptors (Lipinski definition) is 0.